The quantitative estimate of drug-likeness (QED) is 0.571. The summed E-state index contributed by atoms with van der Waals surface area (Å²) in [6, 6.07) is 9.37. The lowest BCUT2D eigenvalue weighted by atomic mass is 10.1. The number of carbonyl (C=O) groups is 2. The first-order valence-corrected chi connectivity index (χ1v) is 9.45. The van der Waals surface area contributed by atoms with E-state index in [-0.39, 0.29) is 18.0 Å². The Morgan fingerprint density at radius 3 is 2.33 bits per heavy atom. The molecule has 2 aromatic rings. The molecule has 1 saturated heterocycles. The normalized spacial score (nSPS) is 15.6. The molecule has 156 valence electrons. The largest absolute Gasteiger partial charge is 0.327 e. The standard InChI is InChI=1S/C20H20N4O6/c1-2-13-6-3-4-7-17(13)21-19(25)18-8-5-9-22(18)20(26)14-10-15(23(27)28)12-16(11-14)24(29)30/h3-4,6-7,10-12,18H,2,5,8-9H2,1H3,(H,21,25). The van der Waals surface area contributed by atoms with Crippen LogP contribution in [0.4, 0.5) is 17.1 Å². The molecule has 0 aromatic heterocycles. The second-order valence-corrected chi connectivity index (χ2v) is 6.91. The van der Waals surface area contributed by atoms with Crippen LogP contribution in [0.3, 0.4) is 0 Å². The van der Waals surface area contributed by atoms with Gasteiger partial charge in [-0.15, -0.1) is 0 Å². The molecule has 1 N–H and O–H groups in total. The fraction of sp³-hybridized carbons (Fsp3) is 0.300. The van der Waals surface area contributed by atoms with Crippen LogP contribution in [0, 0.1) is 20.2 Å². The predicted molar refractivity (Wildman–Crippen MR) is 108 cm³/mol. The number of hydrogen-bond acceptors (Lipinski definition) is 6. The van der Waals surface area contributed by atoms with Crippen molar-refractivity contribution in [3.8, 4) is 0 Å². The van der Waals surface area contributed by atoms with Crippen molar-refractivity contribution >= 4 is 28.9 Å². The highest BCUT2D eigenvalue weighted by atomic mass is 16.6. The summed E-state index contributed by atoms with van der Waals surface area (Å²) in [5.41, 5.74) is 0.324. The summed E-state index contributed by atoms with van der Waals surface area (Å²) >= 11 is 0. The molecule has 3 rings (SSSR count). The maximum absolute atomic E-state index is 13.0. The molecule has 1 unspecified atom stereocenters. The third-order valence-electron chi connectivity index (χ3n) is 5.04. The number of nitrogens with one attached hydrogen (secondary N) is 1. The van der Waals surface area contributed by atoms with E-state index in [1.807, 2.05) is 19.1 Å². The number of aryl methyl sites for hydroxylation is 1. The Labute approximate surface area is 171 Å². The smallest absolute Gasteiger partial charge is 0.277 e. The van der Waals surface area contributed by atoms with Gasteiger partial charge in [0.1, 0.15) is 6.04 Å². The highest BCUT2D eigenvalue weighted by molar-refractivity contribution is 6.02. The van der Waals surface area contributed by atoms with Crippen LogP contribution >= 0.6 is 0 Å². The number of nitro benzene ring substituents is 2. The van der Waals surface area contributed by atoms with E-state index in [0.29, 0.717) is 18.5 Å². The Hall–Kier alpha value is -3.82. The molecule has 0 aliphatic carbocycles. The Morgan fingerprint density at radius 2 is 1.73 bits per heavy atom. The van der Waals surface area contributed by atoms with Gasteiger partial charge in [-0.2, -0.15) is 0 Å². The van der Waals surface area contributed by atoms with Crippen LogP contribution in [0.1, 0.15) is 35.7 Å². The lowest BCUT2D eigenvalue weighted by molar-refractivity contribution is -0.394. The molecule has 1 heterocycles. The molecule has 10 nitrogen and oxygen atoms in total. The maximum atomic E-state index is 13.0. The van der Waals surface area contributed by atoms with E-state index in [1.54, 1.807) is 12.1 Å². The molecule has 1 aliphatic rings. The molecule has 1 atom stereocenters. The van der Waals surface area contributed by atoms with Crippen molar-refractivity contribution < 1.29 is 19.4 Å². The molecular weight excluding hydrogens is 392 g/mol. The fourth-order valence-corrected chi connectivity index (χ4v) is 3.54. The Kier molecular flexibility index (Phi) is 6.05. The Balaban J connectivity index is 1.86. The average Bonchev–Trinajstić information content (AvgIpc) is 3.23. The topological polar surface area (TPSA) is 136 Å². The second-order valence-electron chi connectivity index (χ2n) is 6.91. The zero-order valence-corrected chi connectivity index (χ0v) is 16.2. The summed E-state index contributed by atoms with van der Waals surface area (Å²) in [5, 5.41) is 25.1. The zero-order chi connectivity index (χ0) is 21.8. The van der Waals surface area contributed by atoms with E-state index in [0.717, 1.165) is 30.2 Å². The minimum Gasteiger partial charge on any atom is -0.327 e. The molecule has 0 saturated carbocycles. The van der Waals surface area contributed by atoms with Gasteiger partial charge >= 0.3 is 0 Å². The first-order valence-electron chi connectivity index (χ1n) is 9.45. The molecule has 0 spiro atoms. The van der Waals surface area contributed by atoms with Gasteiger partial charge in [-0.1, -0.05) is 25.1 Å². The highest BCUT2D eigenvalue weighted by Crippen LogP contribution is 2.27. The van der Waals surface area contributed by atoms with Gasteiger partial charge in [0.25, 0.3) is 17.3 Å². The number of rotatable bonds is 6. The molecule has 2 aromatic carbocycles. The zero-order valence-electron chi connectivity index (χ0n) is 16.2. The van der Waals surface area contributed by atoms with Crippen molar-refractivity contribution in [3.05, 3.63) is 73.8 Å². The van der Waals surface area contributed by atoms with E-state index < -0.39 is 33.2 Å². The van der Waals surface area contributed by atoms with Gasteiger partial charge in [0, 0.05) is 24.4 Å². The van der Waals surface area contributed by atoms with Crippen molar-refractivity contribution in [2.45, 2.75) is 32.2 Å². The summed E-state index contributed by atoms with van der Waals surface area (Å²) in [7, 11) is 0. The van der Waals surface area contributed by atoms with Crippen LogP contribution in [0.2, 0.25) is 0 Å². The Bertz CT molecular complexity index is 990. The first kappa shape index (κ1) is 20.9. The van der Waals surface area contributed by atoms with Gasteiger partial charge in [-0.05, 0) is 30.9 Å². The highest BCUT2D eigenvalue weighted by Gasteiger charge is 2.35. The van der Waals surface area contributed by atoms with Gasteiger partial charge in [-0.3, -0.25) is 29.8 Å². The number of benzene rings is 2. The molecule has 10 heteroatoms. The number of hydrogen-bond donors (Lipinski definition) is 1. The average molecular weight is 412 g/mol. The number of amides is 2. The van der Waals surface area contributed by atoms with E-state index in [9.17, 15) is 29.8 Å². The minimum atomic E-state index is -0.792. The van der Waals surface area contributed by atoms with E-state index in [2.05, 4.69) is 5.32 Å². The van der Waals surface area contributed by atoms with Crippen molar-refractivity contribution in [1.82, 2.24) is 4.90 Å². The van der Waals surface area contributed by atoms with Crippen LogP contribution < -0.4 is 5.32 Å². The molecule has 0 radical (unpaired) electrons. The van der Waals surface area contributed by atoms with Gasteiger partial charge in [0.05, 0.1) is 21.5 Å². The number of anilines is 1. The van der Waals surface area contributed by atoms with Crippen LogP contribution in [0.5, 0.6) is 0 Å². The summed E-state index contributed by atoms with van der Waals surface area (Å²) in [5.74, 6) is -1.01. The van der Waals surface area contributed by atoms with Crippen LogP contribution in [0.15, 0.2) is 42.5 Å². The van der Waals surface area contributed by atoms with Crippen molar-refractivity contribution in [2.75, 3.05) is 11.9 Å². The van der Waals surface area contributed by atoms with E-state index in [4.69, 9.17) is 0 Å². The second kappa shape index (κ2) is 8.68. The molecule has 1 fully saturated rings. The first-order chi connectivity index (χ1) is 14.3. The van der Waals surface area contributed by atoms with Gasteiger partial charge in [0.15, 0.2) is 0 Å². The van der Waals surface area contributed by atoms with E-state index >= 15 is 0 Å². The third-order valence-corrected chi connectivity index (χ3v) is 5.04. The number of carbonyl (C=O) groups excluding carboxylic acids is 2. The fourth-order valence-electron chi connectivity index (χ4n) is 3.54. The summed E-state index contributed by atoms with van der Waals surface area (Å²) in [4.78, 5) is 47.8. The minimum absolute atomic E-state index is 0.190. The monoisotopic (exact) mass is 412 g/mol. The third kappa shape index (κ3) is 4.27. The maximum Gasteiger partial charge on any atom is 0.277 e. The summed E-state index contributed by atoms with van der Waals surface area (Å²) < 4.78 is 0. The van der Waals surface area contributed by atoms with Gasteiger partial charge < -0.3 is 10.2 Å². The van der Waals surface area contributed by atoms with Gasteiger partial charge in [0.2, 0.25) is 5.91 Å². The number of nitro groups is 2. The molecular formula is C20H20N4O6. The number of non-ortho nitro benzene ring substituents is 2. The molecule has 1 aliphatic heterocycles. The Morgan fingerprint density at radius 1 is 1.10 bits per heavy atom. The van der Waals surface area contributed by atoms with Crippen molar-refractivity contribution in [2.24, 2.45) is 0 Å². The van der Waals surface area contributed by atoms with Crippen molar-refractivity contribution in [3.63, 3.8) is 0 Å². The number of nitrogens with zero attached hydrogens (tertiary/aromatic N) is 3. The lowest BCUT2D eigenvalue weighted by Gasteiger charge is -2.24. The summed E-state index contributed by atoms with van der Waals surface area (Å²) in [6.07, 6.45) is 1.74. The molecule has 0 bridgehead atoms. The predicted octanol–water partition coefficient (Wildman–Crippen LogP) is 3.31. The van der Waals surface area contributed by atoms with E-state index in [1.165, 1.54) is 4.90 Å². The SMILES string of the molecule is CCc1ccccc1NC(=O)C1CCCN1C(=O)c1cc([N+](=O)[O-])cc([N+](=O)[O-])c1. The van der Waals surface area contributed by atoms with Crippen LogP contribution in [0.25, 0.3) is 0 Å². The van der Waals surface area contributed by atoms with Crippen molar-refractivity contribution in [1.29, 1.82) is 0 Å². The number of likely N-dealkylation sites (tertiary alicyclic amines) is 1. The molecule has 2 amide bonds. The summed E-state index contributed by atoms with van der Waals surface area (Å²) in [6.45, 7) is 2.24. The van der Waals surface area contributed by atoms with Gasteiger partial charge in [-0.25, -0.2) is 0 Å². The lowest BCUT2D eigenvalue weighted by Crippen LogP contribution is -2.43. The molecule has 30 heavy (non-hydrogen) atoms. The van der Waals surface area contributed by atoms with Crippen LogP contribution in [-0.4, -0.2) is 39.1 Å². The van der Waals surface area contributed by atoms with Crippen LogP contribution in [-0.2, 0) is 11.2 Å². The number of para-hydroxylation sites is 1.